The summed E-state index contributed by atoms with van der Waals surface area (Å²) < 4.78 is 1.80. The molecule has 0 saturated carbocycles. The van der Waals surface area contributed by atoms with E-state index >= 15 is 0 Å². The first kappa shape index (κ1) is 16.3. The van der Waals surface area contributed by atoms with Gasteiger partial charge in [-0.3, -0.25) is 4.79 Å². The minimum atomic E-state index is -0.206. The van der Waals surface area contributed by atoms with Crippen molar-refractivity contribution in [3.8, 4) is 0 Å². The molecule has 1 heterocycles. The summed E-state index contributed by atoms with van der Waals surface area (Å²) in [5.74, 6) is 1.02. The van der Waals surface area contributed by atoms with Gasteiger partial charge in [0.15, 0.2) is 8.68 Å². The summed E-state index contributed by atoms with van der Waals surface area (Å²) in [5, 5.41) is 10.9. The third-order valence-corrected chi connectivity index (χ3v) is 5.95. The number of carbonyl (C=O) groups excluding carboxylic acids is 1. The van der Waals surface area contributed by atoms with Gasteiger partial charge in [-0.25, -0.2) is 0 Å². The van der Waals surface area contributed by atoms with Crippen LogP contribution in [0.5, 0.6) is 0 Å². The SMILES string of the molecule is CCCSc1nnc(S[C@H](C)C(=O)Nc2ccccc2)s1. The summed E-state index contributed by atoms with van der Waals surface area (Å²) in [6, 6.07) is 9.47. The maximum Gasteiger partial charge on any atom is 0.237 e. The zero-order chi connectivity index (χ0) is 15.1. The molecule has 1 aromatic carbocycles. The lowest BCUT2D eigenvalue weighted by atomic mass is 10.3. The van der Waals surface area contributed by atoms with E-state index in [1.54, 1.807) is 23.1 Å². The summed E-state index contributed by atoms with van der Waals surface area (Å²) in [7, 11) is 0. The highest BCUT2D eigenvalue weighted by Crippen LogP contribution is 2.31. The zero-order valence-electron chi connectivity index (χ0n) is 11.9. The van der Waals surface area contributed by atoms with Crippen LogP contribution in [-0.4, -0.2) is 27.1 Å². The van der Waals surface area contributed by atoms with Gasteiger partial charge in [-0.2, -0.15) is 0 Å². The number of amides is 1. The van der Waals surface area contributed by atoms with Gasteiger partial charge in [-0.1, -0.05) is 60.0 Å². The largest absolute Gasteiger partial charge is 0.325 e. The van der Waals surface area contributed by atoms with Crippen LogP contribution in [0.2, 0.25) is 0 Å². The van der Waals surface area contributed by atoms with Crippen LogP contribution in [-0.2, 0) is 4.79 Å². The number of thioether (sulfide) groups is 2. The van der Waals surface area contributed by atoms with Gasteiger partial charge in [0.25, 0.3) is 0 Å². The van der Waals surface area contributed by atoms with Gasteiger partial charge in [0, 0.05) is 11.4 Å². The fourth-order valence-corrected chi connectivity index (χ4v) is 4.55. The molecule has 112 valence electrons. The Morgan fingerprint density at radius 1 is 1.29 bits per heavy atom. The normalized spacial score (nSPS) is 12.1. The predicted molar refractivity (Wildman–Crippen MR) is 91.3 cm³/mol. The Bertz CT molecular complexity index is 574. The van der Waals surface area contributed by atoms with Crippen LogP contribution in [0, 0.1) is 0 Å². The topological polar surface area (TPSA) is 54.9 Å². The Balaban J connectivity index is 1.87. The summed E-state index contributed by atoms with van der Waals surface area (Å²) in [4.78, 5) is 12.1. The molecule has 0 radical (unpaired) electrons. The maximum atomic E-state index is 12.1. The average molecular weight is 340 g/mol. The predicted octanol–water partition coefficient (Wildman–Crippen LogP) is 4.16. The molecule has 1 aromatic heterocycles. The third-order valence-electron chi connectivity index (χ3n) is 2.51. The van der Waals surface area contributed by atoms with Crippen molar-refractivity contribution >= 4 is 46.5 Å². The van der Waals surface area contributed by atoms with Crippen LogP contribution in [0.25, 0.3) is 0 Å². The number of benzene rings is 1. The summed E-state index contributed by atoms with van der Waals surface area (Å²) >= 11 is 4.70. The lowest BCUT2D eigenvalue weighted by Gasteiger charge is -2.09. The van der Waals surface area contributed by atoms with Crippen molar-refractivity contribution in [2.45, 2.75) is 34.2 Å². The maximum absolute atomic E-state index is 12.1. The summed E-state index contributed by atoms with van der Waals surface area (Å²) in [6.07, 6.45) is 1.11. The van der Waals surface area contributed by atoms with Crippen molar-refractivity contribution in [3.63, 3.8) is 0 Å². The Hall–Kier alpha value is -1.05. The van der Waals surface area contributed by atoms with Crippen molar-refractivity contribution in [2.75, 3.05) is 11.1 Å². The van der Waals surface area contributed by atoms with Gasteiger partial charge in [-0.05, 0) is 25.5 Å². The second-order valence-electron chi connectivity index (χ2n) is 4.30. The lowest BCUT2D eigenvalue weighted by Crippen LogP contribution is -2.22. The highest BCUT2D eigenvalue weighted by Gasteiger charge is 2.17. The number of hydrogen-bond donors (Lipinski definition) is 1. The number of aromatic nitrogens is 2. The minimum absolute atomic E-state index is 0.0239. The van der Waals surface area contributed by atoms with Crippen LogP contribution in [0.15, 0.2) is 39.0 Å². The van der Waals surface area contributed by atoms with Crippen molar-refractivity contribution in [1.29, 1.82) is 0 Å². The molecule has 0 aliphatic rings. The molecule has 7 heteroatoms. The fraction of sp³-hybridized carbons (Fsp3) is 0.357. The third kappa shape index (κ3) is 5.33. The standard InChI is InChI=1S/C14H17N3OS3/c1-3-9-19-13-16-17-14(21-13)20-10(2)12(18)15-11-7-5-4-6-8-11/h4-8,10H,3,9H2,1-2H3,(H,15,18)/t10-/m1/s1. The van der Waals surface area contributed by atoms with Crippen LogP contribution in [0.4, 0.5) is 5.69 Å². The highest BCUT2D eigenvalue weighted by atomic mass is 32.2. The number of para-hydroxylation sites is 1. The zero-order valence-corrected chi connectivity index (χ0v) is 14.4. The molecule has 0 saturated heterocycles. The van der Waals surface area contributed by atoms with Crippen molar-refractivity contribution in [3.05, 3.63) is 30.3 Å². The second kappa shape index (κ2) is 8.41. The van der Waals surface area contributed by atoms with E-state index in [4.69, 9.17) is 0 Å². The molecular weight excluding hydrogens is 322 g/mol. The number of nitrogens with zero attached hydrogens (tertiary/aromatic N) is 2. The highest BCUT2D eigenvalue weighted by molar-refractivity contribution is 8.03. The Morgan fingerprint density at radius 2 is 2.00 bits per heavy atom. The van der Waals surface area contributed by atoms with E-state index in [1.807, 2.05) is 37.3 Å². The van der Waals surface area contributed by atoms with E-state index in [9.17, 15) is 4.79 Å². The molecule has 21 heavy (non-hydrogen) atoms. The molecule has 4 nitrogen and oxygen atoms in total. The van der Waals surface area contributed by atoms with Gasteiger partial charge in [0.05, 0.1) is 5.25 Å². The quantitative estimate of drug-likeness (QED) is 0.768. The van der Waals surface area contributed by atoms with Crippen molar-refractivity contribution in [2.24, 2.45) is 0 Å². The fourth-order valence-electron chi connectivity index (χ4n) is 1.46. The number of hydrogen-bond acceptors (Lipinski definition) is 6. The Morgan fingerprint density at radius 3 is 2.71 bits per heavy atom. The molecule has 0 aliphatic carbocycles. The first-order valence-corrected chi connectivity index (χ1v) is 9.36. The van der Waals surface area contributed by atoms with Crippen molar-refractivity contribution < 1.29 is 4.79 Å². The first-order valence-electron chi connectivity index (χ1n) is 6.68. The second-order valence-corrected chi connectivity index (χ2v) is 8.21. The van der Waals surface area contributed by atoms with Gasteiger partial charge in [0.1, 0.15) is 0 Å². The average Bonchev–Trinajstić information content (AvgIpc) is 2.93. The number of rotatable bonds is 7. The molecule has 2 rings (SSSR count). The molecule has 0 fully saturated rings. The van der Waals surface area contributed by atoms with Gasteiger partial charge < -0.3 is 5.32 Å². The van der Waals surface area contributed by atoms with Gasteiger partial charge >= 0.3 is 0 Å². The number of nitrogens with one attached hydrogen (secondary N) is 1. The minimum Gasteiger partial charge on any atom is -0.325 e. The molecule has 0 unspecified atom stereocenters. The Labute approximate surface area is 137 Å². The molecule has 0 aliphatic heterocycles. The monoisotopic (exact) mass is 339 g/mol. The molecule has 0 bridgehead atoms. The number of carbonyl (C=O) groups is 1. The molecular formula is C14H17N3OS3. The molecule has 1 amide bonds. The summed E-state index contributed by atoms with van der Waals surface area (Å²) in [5.41, 5.74) is 0.811. The molecule has 0 spiro atoms. The molecule has 1 atom stereocenters. The van der Waals surface area contributed by atoms with Crippen LogP contribution in [0.1, 0.15) is 20.3 Å². The van der Waals surface area contributed by atoms with E-state index in [0.717, 1.165) is 26.5 Å². The van der Waals surface area contributed by atoms with Gasteiger partial charge in [0.2, 0.25) is 5.91 Å². The molecule has 2 aromatic rings. The van der Waals surface area contributed by atoms with Crippen LogP contribution in [0.3, 0.4) is 0 Å². The lowest BCUT2D eigenvalue weighted by molar-refractivity contribution is -0.115. The van der Waals surface area contributed by atoms with E-state index in [0.29, 0.717) is 0 Å². The number of anilines is 1. The summed E-state index contributed by atoms with van der Waals surface area (Å²) in [6.45, 7) is 4.02. The molecule has 1 N–H and O–H groups in total. The smallest absolute Gasteiger partial charge is 0.237 e. The van der Waals surface area contributed by atoms with E-state index in [-0.39, 0.29) is 11.2 Å². The van der Waals surface area contributed by atoms with E-state index in [1.165, 1.54) is 11.8 Å². The van der Waals surface area contributed by atoms with E-state index in [2.05, 4.69) is 22.4 Å². The van der Waals surface area contributed by atoms with Crippen LogP contribution < -0.4 is 5.32 Å². The van der Waals surface area contributed by atoms with Gasteiger partial charge in [-0.15, -0.1) is 10.2 Å². The first-order chi connectivity index (χ1) is 10.2. The van der Waals surface area contributed by atoms with Crippen molar-refractivity contribution in [1.82, 2.24) is 10.2 Å². The Kier molecular flexibility index (Phi) is 6.53. The van der Waals surface area contributed by atoms with Crippen LogP contribution >= 0.6 is 34.9 Å². The van der Waals surface area contributed by atoms with E-state index < -0.39 is 0 Å².